The standard InChI is InChI=1S/C18H21N3O5/c1-3-21-14-5-4-11(7-13(14)19-15(22)17(21)24)16(23)20-8-10(2)6-12(9-20)18(25)26/h4-5,7,10,12H,3,6,8-9H2,1-2H3,(H,19,22)(H,25,26). The van der Waals surface area contributed by atoms with Gasteiger partial charge in [-0.15, -0.1) is 0 Å². The van der Waals surface area contributed by atoms with Gasteiger partial charge in [-0.1, -0.05) is 6.92 Å². The normalized spacial score (nSPS) is 20.3. The van der Waals surface area contributed by atoms with E-state index in [1.807, 2.05) is 6.92 Å². The van der Waals surface area contributed by atoms with Crippen LogP contribution in [0.25, 0.3) is 11.0 Å². The van der Waals surface area contributed by atoms with E-state index in [1.54, 1.807) is 30.0 Å². The minimum absolute atomic E-state index is 0.0966. The molecule has 1 saturated heterocycles. The number of aryl methyl sites for hydroxylation is 1. The number of carboxylic acids is 1. The number of fused-ring (bicyclic) bond motifs is 1. The van der Waals surface area contributed by atoms with Crippen LogP contribution in [0.4, 0.5) is 0 Å². The number of aliphatic carboxylic acids is 1. The summed E-state index contributed by atoms with van der Waals surface area (Å²) in [6, 6.07) is 4.77. The zero-order valence-corrected chi connectivity index (χ0v) is 14.7. The van der Waals surface area contributed by atoms with Crippen LogP contribution >= 0.6 is 0 Å². The Hall–Kier alpha value is -2.90. The van der Waals surface area contributed by atoms with E-state index < -0.39 is 23.0 Å². The number of likely N-dealkylation sites (tertiary alicyclic amines) is 1. The topological polar surface area (TPSA) is 112 Å². The Kier molecular flexibility index (Phi) is 4.67. The maximum Gasteiger partial charge on any atom is 0.316 e. The lowest BCUT2D eigenvalue weighted by atomic mass is 9.90. The van der Waals surface area contributed by atoms with Gasteiger partial charge in [0.25, 0.3) is 5.91 Å². The Morgan fingerprint density at radius 2 is 2.00 bits per heavy atom. The summed E-state index contributed by atoms with van der Waals surface area (Å²) in [6.45, 7) is 4.69. The van der Waals surface area contributed by atoms with E-state index in [9.17, 15) is 24.3 Å². The molecule has 8 nitrogen and oxygen atoms in total. The molecule has 8 heteroatoms. The average molecular weight is 359 g/mol. The minimum Gasteiger partial charge on any atom is -0.481 e. The predicted octanol–water partition coefficient (Wildman–Crippen LogP) is 0.893. The number of nitrogens with zero attached hydrogens (tertiary/aromatic N) is 2. The largest absolute Gasteiger partial charge is 0.481 e. The molecule has 1 aromatic heterocycles. The highest BCUT2D eigenvalue weighted by Gasteiger charge is 2.32. The molecule has 0 saturated carbocycles. The molecule has 0 spiro atoms. The van der Waals surface area contributed by atoms with Gasteiger partial charge in [-0.2, -0.15) is 0 Å². The fourth-order valence-electron chi connectivity index (χ4n) is 3.61. The van der Waals surface area contributed by atoms with Crippen molar-refractivity contribution in [3.8, 4) is 0 Å². The molecule has 0 radical (unpaired) electrons. The molecule has 1 amide bonds. The number of nitrogens with one attached hydrogen (secondary N) is 1. The molecule has 0 aliphatic carbocycles. The van der Waals surface area contributed by atoms with Crippen molar-refractivity contribution in [1.29, 1.82) is 0 Å². The molecule has 3 rings (SSSR count). The van der Waals surface area contributed by atoms with E-state index >= 15 is 0 Å². The minimum atomic E-state index is -0.899. The first-order valence-electron chi connectivity index (χ1n) is 8.60. The van der Waals surface area contributed by atoms with Crippen LogP contribution in [0.5, 0.6) is 0 Å². The van der Waals surface area contributed by atoms with Crippen LogP contribution in [-0.4, -0.2) is 44.5 Å². The quantitative estimate of drug-likeness (QED) is 0.791. The van der Waals surface area contributed by atoms with Gasteiger partial charge < -0.3 is 19.6 Å². The molecule has 2 N–H and O–H groups in total. The average Bonchev–Trinajstić information content (AvgIpc) is 2.61. The van der Waals surface area contributed by atoms with Crippen LogP contribution in [0.2, 0.25) is 0 Å². The molecule has 2 aromatic rings. The number of aromatic nitrogens is 2. The number of amides is 1. The van der Waals surface area contributed by atoms with E-state index in [-0.39, 0.29) is 18.4 Å². The number of piperidine rings is 1. The number of carboxylic acid groups (broad SMARTS) is 1. The Bertz CT molecular complexity index is 990. The van der Waals surface area contributed by atoms with E-state index in [4.69, 9.17) is 0 Å². The molecule has 2 atom stereocenters. The summed E-state index contributed by atoms with van der Waals surface area (Å²) in [5, 5.41) is 9.27. The molecule has 26 heavy (non-hydrogen) atoms. The molecule has 0 bridgehead atoms. The molecular weight excluding hydrogens is 338 g/mol. The number of hydrogen-bond donors (Lipinski definition) is 2. The Morgan fingerprint density at radius 3 is 2.65 bits per heavy atom. The summed E-state index contributed by atoms with van der Waals surface area (Å²) in [5.41, 5.74) is -0.0615. The summed E-state index contributed by atoms with van der Waals surface area (Å²) in [6.07, 6.45) is 0.549. The number of hydrogen-bond acceptors (Lipinski definition) is 4. The maximum absolute atomic E-state index is 12.8. The molecule has 138 valence electrons. The first-order valence-corrected chi connectivity index (χ1v) is 8.60. The SMILES string of the molecule is CCn1c(=O)c(=O)[nH]c2cc(C(=O)N3CC(C)CC(C(=O)O)C3)ccc21. The van der Waals surface area contributed by atoms with E-state index in [2.05, 4.69) is 4.98 Å². The fourth-order valence-corrected chi connectivity index (χ4v) is 3.61. The van der Waals surface area contributed by atoms with Gasteiger partial charge in [0.1, 0.15) is 0 Å². The third-order valence-corrected chi connectivity index (χ3v) is 4.83. The fraction of sp³-hybridized carbons (Fsp3) is 0.444. The second kappa shape index (κ2) is 6.78. The van der Waals surface area contributed by atoms with Gasteiger partial charge in [-0.25, -0.2) is 0 Å². The first-order chi connectivity index (χ1) is 12.3. The Labute approximate surface area is 149 Å². The summed E-state index contributed by atoms with van der Waals surface area (Å²) in [4.78, 5) is 51.9. The number of carbonyl (C=O) groups excluding carboxylic acids is 1. The summed E-state index contributed by atoms with van der Waals surface area (Å²) < 4.78 is 1.35. The molecule has 2 unspecified atom stereocenters. The maximum atomic E-state index is 12.8. The van der Waals surface area contributed by atoms with E-state index in [0.717, 1.165) is 0 Å². The van der Waals surface area contributed by atoms with E-state index in [1.165, 1.54) is 4.57 Å². The molecule has 2 heterocycles. The number of benzene rings is 1. The predicted molar refractivity (Wildman–Crippen MR) is 95.3 cm³/mol. The highest BCUT2D eigenvalue weighted by atomic mass is 16.4. The third kappa shape index (κ3) is 3.14. The van der Waals surface area contributed by atoms with Gasteiger partial charge in [0, 0.05) is 25.2 Å². The van der Waals surface area contributed by atoms with Crippen LogP contribution in [0.1, 0.15) is 30.6 Å². The van der Waals surface area contributed by atoms with Gasteiger partial charge in [-0.05, 0) is 37.5 Å². The summed E-state index contributed by atoms with van der Waals surface area (Å²) >= 11 is 0. The van der Waals surface area contributed by atoms with Gasteiger partial charge >= 0.3 is 17.1 Å². The highest BCUT2D eigenvalue weighted by molar-refractivity contribution is 5.97. The van der Waals surface area contributed by atoms with Crippen molar-refractivity contribution in [2.75, 3.05) is 13.1 Å². The van der Waals surface area contributed by atoms with Crippen molar-refractivity contribution in [2.45, 2.75) is 26.8 Å². The third-order valence-electron chi connectivity index (χ3n) is 4.83. The Morgan fingerprint density at radius 1 is 1.27 bits per heavy atom. The lowest BCUT2D eigenvalue weighted by Crippen LogP contribution is -2.45. The first kappa shape index (κ1) is 17.9. The van der Waals surface area contributed by atoms with Gasteiger partial charge in [0.15, 0.2) is 0 Å². The lowest BCUT2D eigenvalue weighted by Gasteiger charge is -2.34. The van der Waals surface area contributed by atoms with Crippen LogP contribution in [0.3, 0.4) is 0 Å². The van der Waals surface area contributed by atoms with Crippen molar-refractivity contribution in [1.82, 2.24) is 14.5 Å². The van der Waals surface area contributed by atoms with E-state index in [0.29, 0.717) is 36.1 Å². The Balaban J connectivity index is 1.99. The molecule has 1 aliphatic heterocycles. The van der Waals surface area contributed by atoms with Crippen molar-refractivity contribution in [2.24, 2.45) is 11.8 Å². The second-order valence-corrected chi connectivity index (χ2v) is 6.82. The zero-order chi connectivity index (χ0) is 19.0. The number of H-pyrrole nitrogens is 1. The molecule has 1 aromatic carbocycles. The lowest BCUT2D eigenvalue weighted by molar-refractivity contribution is -0.143. The molecule has 1 fully saturated rings. The summed E-state index contributed by atoms with van der Waals surface area (Å²) in [7, 11) is 0. The van der Waals surface area contributed by atoms with Crippen molar-refractivity contribution in [3.05, 3.63) is 44.5 Å². The van der Waals surface area contributed by atoms with Crippen LogP contribution in [0.15, 0.2) is 27.8 Å². The molecule has 1 aliphatic rings. The second-order valence-electron chi connectivity index (χ2n) is 6.82. The van der Waals surface area contributed by atoms with Crippen LogP contribution < -0.4 is 11.1 Å². The van der Waals surface area contributed by atoms with Gasteiger partial charge in [0.05, 0.1) is 17.0 Å². The zero-order valence-electron chi connectivity index (χ0n) is 14.7. The molecular formula is C18H21N3O5. The summed E-state index contributed by atoms with van der Waals surface area (Å²) in [5.74, 6) is -1.66. The van der Waals surface area contributed by atoms with Gasteiger partial charge in [0.2, 0.25) is 0 Å². The van der Waals surface area contributed by atoms with Crippen LogP contribution in [-0.2, 0) is 11.3 Å². The smallest absolute Gasteiger partial charge is 0.316 e. The highest BCUT2D eigenvalue weighted by Crippen LogP contribution is 2.24. The monoisotopic (exact) mass is 359 g/mol. The van der Waals surface area contributed by atoms with Crippen molar-refractivity contribution < 1.29 is 14.7 Å². The number of rotatable bonds is 3. The van der Waals surface area contributed by atoms with Crippen LogP contribution in [0, 0.1) is 11.8 Å². The van der Waals surface area contributed by atoms with Crippen molar-refractivity contribution >= 4 is 22.9 Å². The van der Waals surface area contributed by atoms with Crippen molar-refractivity contribution in [3.63, 3.8) is 0 Å². The number of aromatic amines is 1. The van der Waals surface area contributed by atoms with Gasteiger partial charge in [-0.3, -0.25) is 19.2 Å². The number of carbonyl (C=O) groups is 2.